The van der Waals surface area contributed by atoms with Gasteiger partial charge in [-0.3, -0.25) is 9.69 Å². The normalized spacial score (nSPS) is 17.1. The molecule has 0 unspecified atom stereocenters. The van der Waals surface area contributed by atoms with Gasteiger partial charge in [-0.05, 0) is 18.2 Å². The Labute approximate surface area is 140 Å². The van der Waals surface area contributed by atoms with Crippen LogP contribution in [0.2, 0.25) is 0 Å². The minimum absolute atomic E-state index is 0.112. The zero-order valence-corrected chi connectivity index (χ0v) is 12.7. The van der Waals surface area contributed by atoms with Crippen molar-refractivity contribution >= 4 is 24.4 Å². The number of carbonyl (C=O) groups is 2. The van der Waals surface area contributed by atoms with Crippen LogP contribution in [0, 0.1) is 5.82 Å². The van der Waals surface area contributed by atoms with E-state index >= 15 is 0 Å². The Morgan fingerprint density at radius 1 is 1.52 bits per heavy atom. The van der Waals surface area contributed by atoms with Gasteiger partial charge < -0.3 is 15.3 Å². The summed E-state index contributed by atoms with van der Waals surface area (Å²) in [4.78, 5) is 23.5. The second-order valence-electron chi connectivity index (χ2n) is 5.11. The molecule has 1 aromatic carbocycles. The summed E-state index contributed by atoms with van der Waals surface area (Å²) >= 11 is 0. The molecule has 1 saturated heterocycles. The summed E-state index contributed by atoms with van der Waals surface area (Å²) in [5, 5.41) is 21.1. The number of nitrogens with one attached hydrogen (secondary N) is 1. The van der Waals surface area contributed by atoms with Crippen molar-refractivity contribution in [2.75, 3.05) is 18.0 Å². The van der Waals surface area contributed by atoms with Crippen molar-refractivity contribution in [3.05, 3.63) is 35.9 Å². The molecule has 25 heavy (non-hydrogen) atoms. The molecule has 1 atom stereocenters. The molecule has 1 fully saturated rings. The lowest BCUT2D eigenvalue weighted by molar-refractivity contribution is -0.109. The number of rotatable bonds is 6. The summed E-state index contributed by atoms with van der Waals surface area (Å²) in [5.41, 5.74) is 0.678. The highest BCUT2D eigenvalue weighted by molar-refractivity contribution is 5.90. The summed E-state index contributed by atoms with van der Waals surface area (Å²) in [6, 6.07) is 4.15. The van der Waals surface area contributed by atoms with E-state index in [2.05, 4.69) is 20.8 Å². The van der Waals surface area contributed by atoms with Gasteiger partial charge in [-0.25, -0.2) is 13.9 Å². The Hall–Kier alpha value is -3.50. The molecule has 3 rings (SSSR count). The van der Waals surface area contributed by atoms with Gasteiger partial charge in [0.25, 0.3) is 0 Å². The van der Waals surface area contributed by atoms with Gasteiger partial charge in [-0.2, -0.15) is 0 Å². The molecule has 0 aliphatic carbocycles. The maximum atomic E-state index is 14.4. The third-order valence-corrected chi connectivity index (χ3v) is 3.49. The third-order valence-electron chi connectivity index (χ3n) is 3.49. The molecule has 11 heteroatoms. The van der Waals surface area contributed by atoms with Crippen LogP contribution in [0.15, 0.2) is 29.6 Å². The smallest absolute Gasteiger partial charge is 0.414 e. The first-order valence-corrected chi connectivity index (χ1v) is 7.17. The zero-order chi connectivity index (χ0) is 17.8. The molecule has 1 aromatic heterocycles. The predicted molar refractivity (Wildman–Crippen MR) is 82.4 cm³/mol. The minimum Gasteiger partial charge on any atom is -0.442 e. The summed E-state index contributed by atoms with van der Waals surface area (Å²) in [6.07, 6.45) is 1.83. The third kappa shape index (κ3) is 3.39. The number of amides is 2. The molecular formula is C14H13FN6O4. The van der Waals surface area contributed by atoms with E-state index in [1.807, 2.05) is 0 Å². The lowest BCUT2D eigenvalue weighted by Crippen LogP contribution is -2.30. The van der Waals surface area contributed by atoms with E-state index in [-0.39, 0.29) is 24.5 Å². The van der Waals surface area contributed by atoms with Gasteiger partial charge in [0.05, 0.1) is 31.2 Å². The number of hydrogen-bond donors (Lipinski definition) is 2. The van der Waals surface area contributed by atoms with E-state index in [1.165, 1.54) is 34.0 Å². The van der Waals surface area contributed by atoms with Crippen molar-refractivity contribution in [1.82, 2.24) is 20.3 Å². The molecule has 0 radical (unpaired) electrons. The topological polar surface area (TPSA) is 122 Å². The molecule has 0 spiro atoms. The first-order valence-electron chi connectivity index (χ1n) is 7.17. The number of anilines is 1. The summed E-state index contributed by atoms with van der Waals surface area (Å²) in [7, 11) is 0. The standard InChI is InChI=1S/C14H13FN6O4/c15-12-3-10(20-7-11(5-16-8-22)25-14(20)23)1-2-13(12)21-6-9(4-17-24)18-19-21/h1-4,6,8,11,24H,5,7H2,(H,16,22)/b17-4-/t11-/m0/s1. The van der Waals surface area contributed by atoms with Crippen LogP contribution < -0.4 is 10.2 Å². The maximum Gasteiger partial charge on any atom is 0.414 e. The zero-order valence-electron chi connectivity index (χ0n) is 12.7. The highest BCUT2D eigenvalue weighted by Crippen LogP contribution is 2.25. The SMILES string of the molecule is O=CNC[C@H]1CN(c2ccc(-n3cc(/C=N\O)nn3)c(F)c2)C(=O)O1. The molecule has 2 N–H and O–H groups in total. The van der Waals surface area contributed by atoms with Crippen LogP contribution in [0.1, 0.15) is 5.69 Å². The Morgan fingerprint density at radius 2 is 2.36 bits per heavy atom. The largest absolute Gasteiger partial charge is 0.442 e. The molecule has 1 aliphatic rings. The predicted octanol–water partition coefficient (Wildman–Crippen LogP) is 0.286. The number of cyclic esters (lactones) is 1. The second kappa shape index (κ2) is 6.95. The number of benzene rings is 1. The molecule has 2 aromatic rings. The summed E-state index contributed by atoms with van der Waals surface area (Å²) in [6.45, 7) is 0.374. The van der Waals surface area contributed by atoms with Crippen LogP contribution >= 0.6 is 0 Å². The van der Waals surface area contributed by atoms with Gasteiger partial charge in [-0.15, -0.1) is 5.10 Å². The van der Waals surface area contributed by atoms with Crippen molar-refractivity contribution in [2.24, 2.45) is 5.16 Å². The molecular weight excluding hydrogens is 335 g/mol. The van der Waals surface area contributed by atoms with Gasteiger partial charge in [0, 0.05) is 0 Å². The van der Waals surface area contributed by atoms with E-state index in [9.17, 15) is 14.0 Å². The van der Waals surface area contributed by atoms with Crippen LogP contribution in [-0.2, 0) is 9.53 Å². The molecule has 1 aliphatic heterocycles. The number of carbonyl (C=O) groups excluding carboxylic acids is 2. The fraction of sp³-hybridized carbons (Fsp3) is 0.214. The van der Waals surface area contributed by atoms with Crippen LogP contribution in [0.25, 0.3) is 5.69 Å². The monoisotopic (exact) mass is 348 g/mol. The van der Waals surface area contributed by atoms with E-state index < -0.39 is 18.0 Å². The fourth-order valence-corrected chi connectivity index (χ4v) is 2.38. The Balaban J connectivity index is 1.79. The lowest BCUT2D eigenvalue weighted by Gasteiger charge is -2.14. The van der Waals surface area contributed by atoms with Gasteiger partial charge in [-0.1, -0.05) is 10.4 Å². The van der Waals surface area contributed by atoms with Gasteiger partial charge in [0.15, 0.2) is 5.82 Å². The molecule has 0 bridgehead atoms. The van der Waals surface area contributed by atoms with Gasteiger partial charge >= 0.3 is 6.09 Å². The Bertz CT molecular complexity index is 823. The van der Waals surface area contributed by atoms with E-state index in [0.29, 0.717) is 12.1 Å². The van der Waals surface area contributed by atoms with Crippen molar-refractivity contribution in [2.45, 2.75) is 6.10 Å². The number of hydrogen-bond acceptors (Lipinski definition) is 7. The number of oxime groups is 1. The van der Waals surface area contributed by atoms with E-state index in [1.54, 1.807) is 0 Å². The average molecular weight is 348 g/mol. The average Bonchev–Trinajstić information content (AvgIpc) is 3.20. The Kier molecular flexibility index (Phi) is 4.55. The minimum atomic E-state index is -0.628. The van der Waals surface area contributed by atoms with Crippen molar-refractivity contribution in [3.8, 4) is 5.69 Å². The number of nitrogens with zero attached hydrogens (tertiary/aromatic N) is 5. The number of halogens is 1. The van der Waals surface area contributed by atoms with Crippen LogP contribution in [0.5, 0.6) is 0 Å². The molecule has 130 valence electrons. The quantitative estimate of drug-likeness (QED) is 0.335. The highest BCUT2D eigenvalue weighted by Gasteiger charge is 2.32. The number of ether oxygens (including phenoxy) is 1. The van der Waals surface area contributed by atoms with Crippen LogP contribution in [0.3, 0.4) is 0 Å². The van der Waals surface area contributed by atoms with Crippen molar-refractivity contribution in [3.63, 3.8) is 0 Å². The second-order valence-corrected chi connectivity index (χ2v) is 5.11. The van der Waals surface area contributed by atoms with Crippen LogP contribution in [0.4, 0.5) is 14.9 Å². The fourth-order valence-electron chi connectivity index (χ4n) is 2.38. The Morgan fingerprint density at radius 3 is 3.08 bits per heavy atom. The van der Waals surface area contributed by atoms with Crippen molar-refractivity contribution < 1.29 is 23.9 Å². The van der Waals surface area contributed by atoms with Crippen LogP contribution in [-0.4, -0.2) is 58.1 Å². The first-order chi connectivity index (χ1) is 12.1. The summed E-state index contributed by atoms with van der Waals surface area (Å²) in [5.74, 6) is -0.628. The van der Waals surface area contributed by atoms with Gasteiger partial charge in [0.1, 0.15) is 17.5 Å². The summed E-state index contributed by atoms with van der Waals surface area (Å²) < 4.78 is 20.7. The molecule has 2 heterocycles. The molecule has 10 nitrogen and oxygen atoms in total. The molecule has 0 saturated carbocycles. The highest BCUT2D eigenvalue weighted by atomic mass is 19.1. The van der Waals surface area contributed by atoms with E-state index in [0.717, 1.165) is 6.21 Å². The van der Waals surface area contributed by atoms with Crippen molar-refractivity contribution in [1.29, 1.82) is 0 Å². The first kappa shape index (κ1) is 16.4. The van der Waals surface area contributed by atoms with Gasteiger partial charge in [0.2, 0.25) is 6.41 Å². The maximum absolute atomic E-state index is 14.4. The number of aromatic nitrogens is 3. The molecule has 2 amide bonds. The van der Waals surface area contributed by atoms with E-state index in [4.69, 9.17) is 9.94 Å². The lowest BCUT2D eigenvalue weighted by atomic mass is 10.2.